The van der Waals surface area contributed by atoms with Gasteiger partial charge in [0.15, 0.2) is 5.71 Å². The van der Waals surface area contributed by atoms with Crippen LogP contribution >= 0.6 is 0 Å². The maximum absolute atomic E-state index is 12.0. The van der Waals surface area contributed by atoms with E-state index in [-0.39, 0.29) is 12.0 Å². The van der Waals surface area contributed by atoms with Crippen LogP contribution in [0, 0.1) is 0 Å². The third-order valence-corrected chi connectivity index (χ3v) is 3.29. The lowest BCUT2D eigenvalue weighted by Crippen LogP contribution is -2.23. The highest BCUT2D eigenvalue weighted by Gasteiger charge is 2.21. The van der Waals surface area contributed by atoms with Gasteiger partial charge in [-0.3, -0.25) is 4.99 Å². The number of hydrogen-bond acceptors (Lipinski definition) is 3. The predicted molar refractivity (Wildman–Crippen MR) is 70.8 cm³/mol. The van der Waals surface area contributed by atoms with Crippen LogP contribution in [-0.4, -0.2) is 28.9 Å². The highest BCUT2D eigenvalue weighted by Crippen LogP contribution is 2.22. The summed E-state index contributed by atoms with van der Waals surface area (Å²) in [5.41, 5.74) is 1.30. The second-order valence-electron chi connectivity index (χ2n) is 4.64. The van der Waals surface area contributed by atoms with Crippen molar-refractivity contribution in [1.29, 1.82) is 0 Å². The van der Waals surface area contributed by atoms with Crippen molar-refractivity contribution in [2.45, 2.75) is 38.6 Å². The molecule has 1 fully saturated rings. The number of esters is 1. The van der Waals surface area contributed by atoms with E-state index in [0.29, 0.717) is 12.3 Å². The molecule has 4 heteroatoms. The molecule has 0 saturated heterocycles. The lowest BCUT2D eigenvalue weighted by Gasteiger charge is -2.10. The molecule has 0 bridgehead atoms. The topological polar surface area (TPSA) is 43.6 Å². The minimum atomic E-state index is -0.314. The number of carbonyl (C=O) groups is 1. The molecular weight excluding hydrogens is 228 g/mol. The Morgan fingerprint density at radius 3 is 2.78 bits per heavy atom. The van der Waals surface area contributed by atoms with E-state index in [9.17, 15) is 4.79 Å². The monoisotopic (exact) mass is 248 g/mol. The highest BCUT2D eigenvalue weighted by molar-refractivity contribution is 6.42. The van der Waals surface area contributed by atoms with Crippen molar-refractivity contribution in [3.63, 3.8) is 0 Å². The van der Waals surface area contributed by atoms with Gasteiger partial charge in [-0.1, -0.05) is 12.8 Å². The smallest absolute Gasteiger partial charge is 0.358 e. The molecule has 4 nitrogen and oxygen atoms in total. The van der Waals surface area contributed by atoms with Crippen LogP contribution in [0.4, 0.5) is 0 Å². The summed E-state index contributed by atoms with van der Waals surface area (Å²) in [6, 6.07) is 4.10. The average Bonchev–Trinajstić information content (AvgIpc) is 2.97. The summed E-state index contributed by atoms with van der Waals surface area (Å²) < 4.78 is 7.02. The molecule has 0 spiro atoms. The van der Waals surface area contributed by atoms with E-state index in [1.807, 2.05) is 36.9 Å². The van der Waals surface area contributed by atoms with Crippen molar-refractivity contribution in [1.82, 2.24) is 4.57 Å². The van der Waals surface area contributed by atoms with Crippen LogP contribution < -0.4 is 0 Å². The Balaban J connectivity index is 2.28. The van der Waals surface area contributed by atoms with Crippen LogP contribution in [0.3, 0.4) is 0 Å². The van der Waals surface area contributed by atoms with Crippen molar-refractivity contribution >= 4 is 11.7 Å². The lowest BCUT2D eigenvalue weighted by atomic mass is 10.2. The first-order valence-corrected chi connectivity index (χ1v) is 6.59. The molecule has 18 heavy (non-hydrogen) atoms. The van der Waals surface area contributed by atoms with E-state index in [0.717, 1.165) is 18.5 Å². The Labute approximate surface area is 108 Å². The van der Waals surface area contributed by atoms with Crippen LogP contribution in [0.2, 0.25) is 0 Å². The van der Waals surface area contributed by atoms with Crippen LogP contribution in [0.1, 0.15) is 38.3 Å². The normalized spacial score (nSPS) is 17.1. The fourth-order valence-corrected chi connectivity index (χ4v) is 2.35. The number of aromatic nitrogens is 1. The maximum Gasteiger partial charge on any atom is 0.358 e. The maximum atomic E-state index is 12.0. The summed E-state index contributed by atoms with van der Waals surface area (Å²) in [5.74, 6) is -0.314. The van der Waals surface area contributed by atoms with E-state index in [4.69, 9.17) is 4.74 Å². The van der Waals surface area contributed by atoms with E-state index < -0.39 is 0 Å². The molecule has 2 rings (SSSR count). The number of nitrogens with zero attached hydrogens (tertiary/aromatic N) is 2. The number of rotatable bonds is 4. The molecule has 0 aromatic carbocycles. The van der Waals surface area contributed by atoms with Crippen LogP contribution in [0.5, 0.6) is 0 Å². The summed E-state index contributed by atoms with van der Waals surface area (Å²) in [5, 5.41) is 0. The second kappa shape index (κ2) is 5.85. The molecule has 98 valence electrons. The van der Waals surface area contributed by atoms with Crippen LogP contribution in [0.15, 0.2) is 23.3 Å². The van der Waals surface area contributed by atoms with E-state index in [1.165, 1.54) is 12.8 Å². The summed E-state index contributed by atoms with van der Waals surface area (Å²) in [7, 11) is 1.92. The van der Waals surface area contributed by atoms with Gasteiger partial charge >= 0.3 is 5.97 Å². The molecule has 1 heterocycles. The molecular formula is C14H20N2O2. The number of ether oxygens (including phenoxy) is 1. The molecule has 0 N–H and O–H groups in total. The molecule has 0 radical (unpaired) electrons. The average molecular weight is 248 g/mol. The van der Waals surface area contributed by atoms with Crippen molar-refractivity contribution in [2.75, 3.05) is 6.61 Å². The zero-order chi connectivity index (χ0) is 13.0. The van der Waals surface area contributed by atoms with Gasteiger partial charge in [0, 0.05) is 13.2 Å². The molecule has 0 unspecified atom stereocenters. The van der Waals surface area contributed by atoms with Gasteiger partial charge in [-0.25, -0.2) is 4.79 Å². The van der Waals surface area contributed by atoms with Gasteiger partial charge in [0.2, 0.25) is 0 Å². The molecule has 0 aliphatic heterocycles. The van der Waals surface area contributed by atoms with Gasteiger partial charge in [-0.15, -0.1) is 0 Å². The van der Waals surface area contributed by atoms with Crippen molar-refractivity contribution in [3.8, 4) is 0 Å². The van der Waals surface area contributed by atoms with Gasteiger partial charge in [-0.2, -0.15) is 0 Å². The molecule has 1 saturated carbocycles. The summed E-state index contributed by atoms with van der Waals surface area (Å²) in [6.45, 7) is 2.20. The largest absolute Gasteiger partial charge is 0.461 e. The van der Waals surface area contributed by atoms with Crippen LogP contribution in [0.25, 0.3) is 0 Å². The Bertz CT molecular complexity index is 442. The van der Waals surface area contributed by atoms with Gasteiger partial charge in [-0.05, 0) is 31.9 Å². The van der Waals surface area contributed by atoms with Gasteiger partial charge in [0.1, 0.15) is 0 Å². The predicted octanol–water partition coefficient (Wildman–Crippen LogP) is 2.32. The lowest BCUT2D eigenvalue weighted by molar-refractivity contribution is -0.135. The Hall–Kier alpha value is -1.58. The molecule has 1 aromatic heterocycles. The molecule has 0 amide bonds. The number of aliphatic imine (C=N–C) groups is 1. The number of aryl methyl sites for hydroxylation is 1. The van der Waals surface area contributed by atoms with Crippen molar-refractivity contribution in [2.24, 2.45) is 12.0 Å². The van der Waals surface area contributed by atoms with Gasteiger partial charge in [0.05, 0.1) is 18.3 Å². The first-order valence-electron chi connectivity index (χ1n) is 6.59. The Morgan fingerprint density at radius 2 is 2.22 bits per heavy atom. The van der Waals surface area contributed by atoms with E-state index in [2.05, 4.69) is 4.99 Å². The Kier molecular flexibility index (Phi) is 4.18. The summed E-state index contributed by atoms with van der Waals surface area (Å²) >= 11 is 0. The SMILES string of the molecule is CCOC(=O)C(=NC1CCCC1)c1cccn1C. The fraction of sp³-hybridized carbons (Fsp3) is 0.571. The third kappa shape index (κ3) is 2.81. The quantitative estimate of drug-likeness (QED) is 0.606. The Morgan fingerprint density at radius 1 is 1.50 bits per heavy atom. The zero-order valence-electron chi connectivity index (χ0n) is 11.1. The molecule has 1 aliphatic carbocycles. The van der Waals surface area contributed by atoms with E-state index in [1.54, 1.807) is 0 Å². The van der Waals surface area contributed by atoms with E-state index >= 15 is 0 Å². The van der Waals surface area contributed by atoms with Crippen LogP contribution in [-0.2, 0) is 16.6 Å². The van der Waals surface area contributed by atoms with Gasteiger partial charge < -0.3 is 9.30 Å². The minimum absolute atomic E-state index is 0.277. The standard InChI is InChI=1S/C14H20N2O2/c1-3-18-14(17)13(12-9-6-10-16(12)2)15-11-7-4-5-8-11/h6,9-11H,3-5,7-8H2,1-2H3. The third-order valence-electron chi connectivity index (χ3n) is 3.29. The molecule has 1 aliphatic rings. The minimum Gasteiger partial charge on any atom is -0.461 e. The highest BCUT2D eigenvalue weighted by atomic mass is 16.5. The first kappa shape index (κ1) is 12.9. The summed E-state index contributed by atoms with van der Waals surface area (Å²) in [6.07, 6.45) is 6.48. The molecule has 1 aromatic rings. The zero-order valence-corrected chi connectivity index (χ0v) is 11.1. The number of hydrogen-bond donors (Lipinski definition) is 0. The molecule has 0 atom stereocenters. The van der Waals surface area contributed by atoms with Gasteiger partial charge in [0.25, 0.3) is 0 Å². The summed E-state index contributed by atoms with van der Waals surface area (Å²) in [4.78, 5) is 16.6. The first-order chi connectivity index (χ1) is 8.72. The number of carbonyl (C=O) groups excluding carboxylic acids is 1. The fourth-order valence-electron chi connectivity index (χ4n) is 2.35. The van der Waals surface area contributed by atoms with Crippen molar-refractivity contribution in [3.05, 3.63) is 24.0 Å². The van der Waals surface area contributed by atoms with Crippen molar-refractivity contribution < 1.29 is 9.53 Å². The second-order valence-corrected chi connectivity index (χ2v) is 4.64.